The molecule has 4 nitrogen and oxygen atoms in total. The number of hydrogen-bond donors (Lipinski definition) is 1. The van der Waals surface area contributed by atoms with E-state index >= 15 is 0 Å². The van der Waals surface area contributed by atoms with Crippen LogP contribution in [0.2, 0.25) is 0 Å². The zero-order chi connectivity index (χ0) is 14.7. The van der Waals surface area contributed by atoms with Crippen molar-refractivity contribution in [3.63, 3.8) is 0 Å². The van der Waals surface area contributed by atoms with Crippen LogP contribution in [0.3, 0.4) is 0 Å². The van der Waals surface area contributed by atoms with Gasteiger partial charge >= 0.3 is 6.55 Å². The monoisotopic (exact) mass is 346 g/mol. The highest BCUT2D eigenvalue weighted by atomic mass is 79.9. The van der Waals surface area contributed by atoms with Crippen LogP contribution in [0.1, 0.15) is 31.0 Å². The summed E-state index contributed by atoms with van der Waals surface area (Å²) < 4.78 is 32.4. The summed E-state index contributed by atoms with van der Waals surface area (Å²) in [4.78, 5) is 3.83. The summed E-state index contributed by atoms with van der Waals surface area (Å²) in [6.07, 6.45) is 1.76. The van der Waals surface area contributed by atoms with E-state index in [9.17, 15) is 13.9 Å². The van der Waals surface area contributed by atoms with Crippen molar-refractivity contribution < 1.29 is 18.6 Å². The van der Waals surface area contributed by atoms with E-state index in [1.54, 1.807) is 25.1 Å². The Balaban J connectivity index is 2.17. The van der Waals surface area contributed by atoms with Crippen LogP contribution in [0.15, 0.2) is 35.1 Å². The zero-order valence-corrected chi connectivity index (χ0v) is 12.2. The van der Waals surface area contributed by atoms with Gasteiger partial charge in [-0.1, -0.05) is 15.9 Å². The van der Waals surface area contributed by atoms with Crippen LogP contribution in [-0.2, 0) is 6.61 Å². The molecule has 1 aromatic carbocycles. The number of rotatable bonds is 5. The molecule has 2 aromatic rings. The molecule has 0 radical (unpaired) electrons. The third-order valence-corrected chi connectivity index (χ3v) is 3.23. The van der Waals surface area contributed by atoms with Gasteiger partial charge in [-0.05, 0) is 25.1 Å². The van der Waals surface area contributed by atoms with E-state index in [-0.39, 0.29) is 12.4 Å². The molecule has 0 aliphatic rings. The van der Waals surface area contributed by atoms with Crippen molar-refractivity contribution in [3.05, 3.63) is 46.5 Å². The first kappa shape index (κ1) is 14.9. The molecule has 7 heteroatoms. The Kier molecular flexibility index (Phi) is 4.72. The van der Waals surface area contributed by atoms with Gasteiger partial charge in [0, 0.05) is 22.4 Å². The molecule has 0 saturated carbocycles. The maximum Gasteiger partial charge on any atom is 0.320 e. The van der Waals surface area contributed by atoms with E-state index in [0.717, 1.165) is 9.04 Å². The molecule has 0 aliphatic carbocycles. The maximum absolute atomic E-state index is 12.7. The number of ether oxygens (including phenoxy) is 1. The smallest absolute Gasteiger partial charge is 0.320 e. The quantitative estimate of drug-likeness (QED) is 0.898. The van der Waals surface area contributed by atoms with Crippen molar-refractivity contribution in [1.29, 1.82) is 0 Å². The summed E-state index contributed by atoms with van der Waals surface area (Å²) in [7, 11) is 0. The van der Waals surface area contributed by atoms with Crippen molar-refractivity contribution in [2.45, 2.75) is 26.2 Å². The minimum atomic E-state index is -2.66. The lowest BCUT2D eigenvalue weighted by Gasteiger charge is -2.14. The molecule has 0 amide bonds. The third kappa shape index (κ3) is 3.34. The van der Waals surface area contributed by atoms with Gasteiger partial charge < -0.3 is 9.84 Å². The first-order valence-electron chi connectivity index (χ1n) is 5.89. The molecule has 0 bridgehead atoms. The largest absolute Gasteiger partial charge is 0.485 e. The normalized spacial score (nSPS) is 12.7. The van der Waals surface area contributed by atoms with Crippen LogP contribution in [0.4, 0.5) is 8.78 Å². The van der Waals surface area contributed by atoms with Gasteiger partial charge in [-0.2, -0.15) is 8.78 Å². The number of benzene rings is 1. The van der Waals surface area contributed by atoms with Crippen molar-refractivity contribution >= 4 is 15.9 Å². The van der Waals surface area contributed by atoms with Gasteiger partial charge in [0.2, 0.25) is 0 Å². The van der Waals surface area contributed by atoms with E-state index in [1.165, 1.54) is 12.4 Å². The molecule has 1 N–H and O–H groups in total. The van der Waals surface area contributed by atoms with Gasteiger partial charge in [0.15, 0.2) is 5.82 Å². The summed E-state index contributed by atoms with van der Waals surface area (Å²) >= 11 is 3.30. The van der Waals surface area contributed by atoms with E-state index < -0.39 is 12.7 Å². The first-order chi connectivity index (χ1) is 9.49. The van der Waals surface area contributed by atoms with Crippen molar-refractivity contribution in [3.8, 4) is 5.75 Å². The van der Waals surface area contributed by atoms with Crippen molar-refractivity contribution in [2.75, 3.05) is 0 Å². The van der Waals surface area contributed by atoms with E-state index in [1.807, 2.05) is 0 Å². The van der Waals surface area contributed by atoms with Gasteiger partial charge in [-0.15, -0.1) is 0 Å². The fourth-order valence-corrected chi connectivity index (χ4v) is 2.13. The van der Waals surface area contributed by atoms with Crippen LogP contribution in [0, 0.1) is 0 Å². The SMILES string of the molecule is C[C@H](O)c1cc(Br)ccc1OCc1nccn1C(F)F. The summed E-state index contributed by atoms with van der Waals surface area (Å²) in [5, 5.41) is 9.69. The minimum Gasteiger partial charge on any atom is -0.485 e. The van der Waals surface area contributed by atoms with Crippen LogP contribution < -0.4 is 4.74 Å². The number of hydrogen-bond acceptors (Lipinski definition) is 3. The predicted octanol–water partition coefficient (Wildman–Crippen LogP) is 3.67. The Labute approximate surface area is 123 Å². The zero-order valence-electron chi connectivity index (χ0n) is 10.6. The molecule has 1 aromatic heterocycles. The molecule has 0 saturated heterocycles. The molecule has 0 aliphatic heterocycles. The Morgan fingerprint density at radius 1 is 1.45 bits per heavy atom. The highest BCUT2D eigenvalue weighted by Gasteiger charge is 2.14. The maximum atomic E-state index is 12.7. The molecule has 0 spiro atoms. The molecule has 0 fully saturated rings. The summed E-state index contributed by atoms with van der Waals surface area (Å²) in [6, 6.07) is 5.14. The molecule has 108 valence electrons. The summed E-state index contributed by atoms with van der Waals surface area (Å²) in [5.41, 5.74) is 0.578. The topological polar surface area (TPSA) is 47.3 Å². The van der Waals surface area contributed by atoms with Gasteiger partial charge in [0.25, 0.3) is 0 Å². The van der Waals surface area contributed by atoms with E-state index in [4.69, 9.17) is 4.74 Å². The fourth-order valence-electron chi connectivity index (χ4n) is 1.75. The van der Waals surface area contributed by atoms with Crippen molar-refractivity contribution in [1.82, 2.24) is 9.55 Å². The van der Waals surface area contributed by atoms with Crippen molar-refractivity contribution in [2.24, 2.45) is 0 Å². The second-order valence-corrected chi connectivity index (χ2v) is 5.09. The van der Waals surface area contributed by atoms with Gasteiger partial charge in [0.05, 0.1) is 6.10 Å². The summed E-state index contributed by atoms with van der Waals surface area (Å²) in [6.45, 7) is -1.15. The number of nitrogens with zero attached hydrogens (tertiary/aromatic N) is 2. The fraction of sp³-hybridized carbons (Fsp3) is 0.308. The van der Waals surface area contributed by atoms with E-state index in [2.05, 4.69) is 20.9 Å². The highest BCUT2D eigenvalue weighted by molar-refractivity contribution is 9.10. The number of aliphatic hydroxyl groups excluding tert-OH is 1. The lowest BCUT2D eigenvalue weighted by molar-refractivity contribution is 0.0630. The van der Waals surface area contributed by atoms with Gasteiger partial charge in [-0.25, -0.2) is 4.98 Å². The Bertz CT molecular complexity index is 588. The second kappa shape index (κ2) is 6.32. The standard InChI is InChI=1S/C13H13BrF2N2O2/c1-8(19)10-6-9(14)2-3-11(10)20-7-12-17-4-5-18(12)13(15)16/h2-6,8,13,19H,7H2,1H3/t8-/m0/s1. The number of aliphatic hydroxyl groups is 1. The first-order valence-corrected chi connectivity index (χ1v) is 6.68. The molecule has 2 rings (SSSR count). The Morgan fingerprint density at radius 2 is 2.20 bits per heavy atom. The molecule has 1 heterocycles. The van der Waals surface area contributed by atoms with Gasteiger partial charge in [-0.3, -0.25) is 4.57 Å². The lowest BCUT2D eigenvalue weighted by atomic mass is 10.1. The summed E-state index contributed by atoms with van der Waals surface area (Å²) in [5.74, 6) is 0.562. The second-order valence-electron chi connectivity index (χ2n) is 4.18. The van der Waals surface area contributed by atoms with Gasteiger partial charge in [0.1, 0.15) is 12.4 Å². The highest BCUT2D eigenvalue weighted by Crippen LogP contribution is 2.29. The van der Waals surface area contributed by atoms with Crippen LogP contribution >= 0.6 is 15.9 Å². The minimum absolute atomic E-state index is 0.0985. The average molecular weight is 347 g/mol. The molecule has 0 unspecified atom stereocenters. The molecular formula is C13H13BrF2N2O2. The third-order valence-electron chi connectivity index (χ3n) is 2.74. The van der Waals surface area contributed by atoms with E-state index in [0.29, 0.717) is 11.3 Å². The number of alkyl halides is 2. The number of imidazole rings is 1. The molecular weight excluding hydrogens is 334 g/mol. The lowest BCUT2D eigenvalue weighted by Crippen LogP contribution is -2.08. The number of aromatic nitrogens is 2. The Morgan fingerprint density at radius 3 is 2.85 bits per heavy atom. The van der Waals surface area contributed by atoms with Crippen LogP contribution in [0.5, 0.6) is 5.75 Å². The molecule has 20 heavy (non-hydrogen) atoms. The average Bonchev–Trinajstić information content (AvgIpc) is 2.85. The number of halogens is 3. The predicted molar refractivity (Wildman–Crippen MR) is 72.6 cm³/mol. The molecule has 1 atom stereocenters. The Hall–Kier alpha value is -1.47. The van der Waals surface area contributed by atoms with Crippen LogP contribution in [-0.4, -0.2) is 14.7 Å². The van der Waals surface area contributed by atoms with Crippen LogP contribution in [0.25, 0.3) is 0 Å².